The third-order valence-electron chi connectivity index (χ3n) is 5.99. The van der Waals surface area contributed by atoms with Gasteiger partial charge in [-0.25, -0.2) is 4.98 Å². The molecule has 35 heavy (non-hydrogen) atoms. The molecule has 0 radical (unpaired) electrons. The molecule has 5 aromatic rings. The number of aromatic nitrogens is 2. The largest absolute Gasteiger partial charge is 0.495 e. The predicted octanol–water partition coefficient (Wildman–Crippen LogP) is 6.79. The van der Waals surface area contributed by atoms with Crippen LogP contribution in [0.3, 0.4) is 0 Å². The average Bonchev–Trinajstić information content (AvgIpc) is 2.91. The fraction of sp³-hybridized carbons (Fsp3) is 0.103. The summed E-state index contributed by atoms with van der Waals surface area (Å²) in [5.74, 6) is 1.15. The number of ether oxygens (including phenoxy) is 2. The second-order valence-corrected chi connectivity index (χ2v) is 8.42. The summed E-state index contributed by atoms with van der Waals surface area (Å²) in [4.78, 5) is 9.37. The summed E-state index contributed by atoms with van der Waals surface area (Å²) in [7, 11) is 3.25. The third kappa shape index (κ3) is 4.20. The van der Waals surface area contributed by atoms with Gasteiger partial charge in [0.2, 0.25) is 5.88 Å². The van der Waals surface area contributed by atoms with E-state index in [1.165, 1.54) is 0 Å². The lowest BCUT2D eigenvalue weighted by molar-refractivity contribution is 0.282. The van der Waals surface area contributed by atoms with E-state index < -0.39 is 0 Å². The maximum Gasteiger partial charge on any atom is 0.225 e. The number of methoxy groups -OCH3 is 2. The zero-order valence-corrected chi connectivity index (χ0v) is 20.1. The minimum atomic E-state index is -0.170. The Morgan fingerprint density at radius 3 is 2.34 bits per heavy atom. The average molecular weight is 483 g/mol. The molecule has 0 saturated carbocycles. The maximum atomic E-state index is 10.3. The Labute approximate surface area is 208 Å². The van der Waals surface area contributed by atoms with E-state index in [0.717, 1.165) is 44.3 Å². The van der Waals surface area contributed by atoms with Crippen LogP contribution in [0.5, 0.6) is 11.6 Å². The maximum absolute atomic E-state index is 10.3. The number of hydrogen-bond donors (Lipinski definition) is 1. The molecule has 5 rings (SSSR count). The van der Waals surface area contributed by atoms with Gasteiger partial charge in [-0.3, -0.25) is 4.98 Å². The molecule has 0 saturated heterocycles. The molecule has 3 aromatic carbocycles. The Bertz CT molecular complexity index is 1520. The normalized spacial score (nSPS) is 11.0. The second-order valence-electron chi connectivity index (χ2n) is 7.98. The van der Waals surface area contributed by atoms with Crippen LogP contribution in [0.4, 0.5) is 0 Å². The van der Waals surface area contributed by atoms with Gasteiger partial charge in [-0.05, 0) is 47.0 Å². The molecule has 0 unspecified atom stereocenters. The highest BCUT2D eigenvalue weighted by atomic mass is 35.5. The first kappa shape index (κ1) is 22.8. The van der Waals surface area contributed by atoms with Gasteiger partial charge in [0, 0.05) is 27.7 Å². The summed E-state index contributed by atoms with van der Waals surface area (Å²) in [6.07, 6.45) is 1.74. The fourth-order valence-corrected chi connectivity index (χ4v) is 4.60. The Morgan fingerprint density at radius 1 is 0.829 bits per heavy atom. The molecule has 0 bridgehead atoms. The molecule has 0 aliphatic rings. The first-order chi connectivity index (χ1) is 17.1. The van der Waals surface area contributed by atoms with E-state index in [4.69, 9.17) is 26.1 Å². The molecule has 0 fully saturated rings. The Morgan fingerprint density at radius 2 is 1.63 bits per heavy atom. The lowest BCUT2D eigenvalue weighted by atomic mass is 9.95. The summed E-state index contributed by atoms with van der Waals surface area (Å²) < 4.78 is 11.5. The number of fused-ring (bicyclic) bond motifs is 1. The van der Waals surface area contributed by atoms with Crippen molar-refractivity contribution in [3.05, 3.63) is 95.6 Å². The molecule has 0 aliphatic carbocycles. The number of halogens is 1. The van der Waals surface area contributed by atoms with E-state index in [9.17, 15) is 5.11 Å². The first-order valence-electron chi connectivity index (χ1n) is 11.1. The van der Waals surface area contributed by atoms with Gasteiger partial charge in [0.1, 0.15) is 5.75 Å². The number of benzene rings is 3. The van der Waals surface area contributed by atoms with Crippen molar-refractivity contribution in [2.24, 2.45) is 0 Å². The highest BCUT2D eigenvalue weighted by molar-refractivity contribution is 6.30. The van der Waals surface area contributed by atoms with Crippen LogP contribution in [-0.2, 0) is 6.61 Å². The quantitative estimate of drug-likeness (QED) is 0.288. The van der Waals surface area contributed by atoms with Crippen LogP contribution in [0.15, 0.2) is 85.1 Å². The van der Waals surface area contributed by atoms with Gasteiger partial charge in [-0.1, -0.05) is 60.1 Å². The van der Waals surface area contributed by atoms with E-state index in [-0.39, 0.29) is 6.61 Å². The molecule has 0 amide bonds. The monoisotopic (exact) mass is 482 g/mol. The van der Waals surface area contributed by atoms with Crippen molar-refractivity contribution in [1.82, 2.24) is 9.97 Å². The molecule has 2 aromatic heterocycles. The number of aliphatic hydroxyl groups excluding tert-OH is 1. The zero-order chi connectivity index (χ0) is 24.4. The van der Waals surface area contributed by atoms with Crippen molar-refractivity contribution in [3.63, 3.8) is 0 Å². The van der Waals surface area contributed by atoms with Crippen LogP contribution >= 0.6 is 11.6 Å². The van der Waals surface area contributed by atoms with Gasteiger partial charge >= 0.3 is 0 Å². The Kier molecular flexibility index (Phi) is 6.36. The fourth-order valence-electron chi connectivity index (χ4n) is 4.41. The molecule has 2 heterocycles. The smallest absolute Gasteiger partial charge is 0.225 e. The van der Waals surface area contributed by atoms with Crippen LogP contribution in [0.1, 0.15) is 5.56 Å². The lowest BCUT2D eigenvalue weighted by Crippen LogP contribution is -2.00. The summed E-state index contributed by atoms with van der Waals surface area (Å²) in [6, 6.07) is 25.2. The summed E-state index contributed by atoms with van der Waals surface area (Å²) in [5, 5.41) is 11.8. The molecule has 0 aliphatic heterocycles. The molecular weight excluding hydrogens is 460 g/mol. The topological polar surface area (TPSA) is 64.5 Å². The van der Waals surface area contributed by atoms with Crippen molar-refractivity contribution in [2.75, 3.05) is 14.2 Å². The Balaban J connectivity index is 1.74. The van der Waals surface area contributed by atoms with Crippen molar-refractivity contribution < 1.29 is 14.6 Å². The SMILES string of the molecule is COc1nc2ccc(-c3nccc(-c4cccc(Cl)c4)c3CO)cc2c(OC)c1-c1ccccc1. The number of aliphatic hydroxyl groups is 1. The van der Waals surface area contributed by atoms with E-state index in [2.05, 4.69) is 4.98 Å². The van der Waals surface area contributed by atoms with Crippen LogP contribution in [-0.4, -0.2) is 29.3 Å². The lowest BCUT2D eigenvalue weighted by Gasteiger charge is -2.17. The zero-order valence-electron chi connectivity index (χ0n) is 19.3. The number of hydrogen-bond acceptors (Lipinski definition) is 5. The van der Waals surface area contributed by atoms with Gasteiger partial charge in [0.05, 0.1) is 37.6 Å². The van der Waals surface area contributed by atoms with Crippen LogP contribution in [0.25, 0.3) is 44.4 Å². The second kappa shape index (κ2) is 9.74. The molecule has 0 atom stereocenters. The van der Waals surface area contributed by atoms with Crippen molar-refractivity contribution in [1.29, 1.82) is 0 Å². The summed E-state index contributed by atoms with van der Waals surface area (Å²) in [6.45, 7) is -0.170. The molecule has 0 spiro atoms. The number of nitrogens with zero attached hydrogens (tertiary/aromatic N) is 2. The van der Waals surface area contributed by atoms with E-state index in [0.29, 0.717) is 22.3 Å². The van der Waals surface area contributed by atoms with Crippen LogP contribution < -0.4 is 9.47 Å². The minimum Gasteiger partial charge on any atom is -0.495 e. The van der Waals surface area contributed by atoms with Gasteiger partial charge in [0.15, 0.2) is 0 Å². The van der Waals surface area contributed by atoms with Gasteiger partial charge in [-0.2, -0.15) is 0 Å². The van der Waals surface area contributed by atoms with Crippen LogP contribution in [0.2, 0.25) is 5.02 Å². The van der Waals surface area contributed by atoms with E-state index in [1.54, 1.807) is 20.4 Å². The van der Waals surface area contributed by atoms with Crippen LogP contribution in [0, 0.1) is 0 Å². The standard InChI is InChI=1S/C29H23ClN2O3/c1-34-28-23-16-20(11-12-25(23)32-29(35-2)26(28)18-7-4-3-5-8-18)27-24(17-33)22(13-14-31-27)19-9-6-10-21(30)15-19/h3-16,33H,17H2,1-2H3. The highest BCUT2D eigenvalue weighted by Crippen LogP contribution is 2.43. The Hall–Kier alpha value is -3.93. The summed E-state index contributed by atoms with van der Waals surface area (Å²) in [5.41, 5.74) is 6.50. The number of rotatable bonds is 6. The summed E-state index contributed by atoms with van der Waals surface area (Å²) >= 11 is 6.23. The first-order valence-corrected chi connectivity index (χ1v) is 11.5. The van der Waals surface area contributed by atoms with Gasteiger partial charge < -0.3 is 14.6 Å². The van der Waals surface area contributed by atoms with E-state index >= 15 is 0 Å². The molecular formula is C29H23ClN2O3. The van der Waals surface area contributed by atoms with Gasteiger partial charge in [0.25, 0.3) is 0 Å². The predicted molar refractivity (Wildman–Crippen MR) is 140 cm³/mol. The highest BCUT2D eigenvalue weighted by Gasteiger charge is 2.20. The van der Waals surface area contributed by atoms with E-state index in [1.807, 2.05) is 78.9 Å². The molecule has 5 nitrogen and oxygen atoms in total. The minimum absolute atomic E-state index is 0.170. The van der Waals surface area contributed by atoms with Crippen molar-refractivity contribution in [2.45, 2.75) is 6.61 Å². The third-order valence-corrected chi connectivity index (χ3v) is 6.22. The molecule has 174 valence electrons. The number of pyridine rings is 2. The van der Waals surface area contributed by atoms with Crippen molar-refractivity contribution >= 4 is 22.5 Å². The van der Waals surface area contributed by atoms with Crippen molar-refractivity contribution in [3.8, 4) is 45.1 Å². The van der Waals surface area contributed by atoms with Gasteiger partial charge in [-0.15, -0.1) is 0 Å². The molecule has 6 heteroatoms. The molecule has 1 N–H and O–H groups in total.